The lowest BCUT2D eigenvalue weighted by molar-refractivity contribution is -0.115. The van der Waals surface area contributed by atoms with Crippen molar-refractivity contribution >= 4 is 33.0 Å². The number of fused-ring (bicyclic) bond motifs is 1. The molecule has 0 unspecified atom stereocenters. The Morgan fingerprint density at radius 3 is 2.40 bits per heavy atom. The fourth-order valence-electron chi connectivity index (χ4n) is 2.52. The first kappa shape index (κ1) is 17.0. The molecule has 25 heavy (non-hydrogen) atoms. The summed E-state index contributed by atoms with van der Waals surface area (Å²) in [4.78, 5) is 25.3. The average Bonchev–Trinajstić information content (AvgIpc) is 2.52. The quantitative estimate of drug-likeness (QED) is 0.881. The molecule has 2 aromatic rings. The van der Waals surface area contributed by atoms with E-state index in [4.69, 9.17) is 0 Å². The van der Waals surface area contributed by atoms with Crippen molar-refractivity contribution < 1.29 is 26.8 Å². The number of amides is 2. The molecule has 1 heterocycles. The number of benzene rings is 2. The largest absolute Gasteiger partial charge is 0.323 e. The maximum Gasteiger partial charge on any atom is 0.264 e. The topological polar surface area (TPSA) is 83.6 Å². The molecule has 1 N–H and O–H groups in total. The number of nitrogens with one attached hydrogen (secondary N) is 1. The third kappa shape index (κ3) is 3.10. The van der Waals surface area contributed by atoms with E-state index in [9.17, 15) is 26.8 Å². The van der Waals surface area contributed by atoms with Crippen LogP contribution in [0.2, 0.25) is 0 Å². The standard InChI is InChI=1S/C16H12F2N2O4S/c1-25(23,24)9-5-6-13-12(7-9)19-14(21)8-20(13)16(22)15-10(17)3-2-4-11(15)18/h2-7H,8H2,1H3,(H,19,21). The summed E-state index contributed by atoms with van der Waals surface area (Å²) in [7, 11) is -3.53. The van der Waals surface area contributed by atoms with Gasteiger partial charge in [0, 0.05) is 6.26 Å². The molecular weight excluding hydrogens is 354 g/mol. The summed E-state index contributed by atoms with van der Waals surface area (Å²) in [5, 5.41) is 2.45. The van der Waals surface area contributed by atoms with Gasteiger partial charge in [-0.3, -0.25) is 14.5 Å². The van der Waals surface area contributed by atoms with Crippen molar-refractivity contribution in [2.24, 2.45) is 0 Å². The van der Waals surface area contributed by atoms with Crippen molar-refractivity contribution in [3.05, 3.63) is 53.6 Å². The van der Waals surface area contributed by atoms with Gasteiger partial charge in [-0.15, -0.1) is 0 Å². The number of hydrogen-bond acceptors (Lipinski definition) is 4. The molecule has 0 radical (unpaired) electrons. The Hall–Kier alpha value is -2.81. The van der Waals surface area contributed by atoms with Crippen LogP contribution in [0.3, 0.4) is 0 Å². The minimum atomic E-state index is -3.53. The van der Waals surface area contributed by atoms with E-state index < -0.39 is 45.4 Å². The van der Waals surface area contributed by atoms with E-state index in [1.807, 2.05) is 0 Å². The number of anilines is 2. The van der Waals surface area contributed by atoms with Crippen LogP contribution in [0.4, 0.5) is 20.2 Å². The minimum Gasteiger partial charge on any atom is -0.323 e. The second kappa shape index (κ2) is 5.92. The Morgan fingerprint density at radius 2 is 1.80 bits per heavy atom. The van der Waals surface area contributed by atoms with Crippen LogP contribution in [-0.2, 0) is 14.6 Å². The lowest BCUT2D eigenvalue weighted by Gasteiger charge is -2.29. The summed E-state index contributed by atoms with van der Waals surface area (Å²) in [5.41, 5.74) is -0.556. The molecule has 0 aliphatic carbocycles. The maximum atomic E-state index is 13.9. The smallest absolute Gasteiger partial charge is 0.264 e. The normalized spacial score (nSPS) is 14.0. The zero-order valence-corrected chi connectivity index (χ0v) is 13.7. The van der Waals surface area contributed by atoms with E-state index in [2.05, 4.69) is 5.32 Å². The zero-order chi connectivity index (χ0) is 18.4. The molecular formula is C16H12F2N2O4S. The average molecular weight is 366 g/mol. The lowest BCUT2D eigenvalue weighted by Crippen LogP contribution is -2.42. The highest BCUT2D eigenvalue weighted by atomic mass is 32.2. The molecule has 0 saturated carbocycles. The highest BCUT2D eigenvalue weighted by molar-refractivity contribution is 7.90. The number of hydrogen-bond donors (Lipinski definition) is 1. The molecule has 2 aromatic carbocycles. The first-order chi connectivity index (χ1) is 11.7. The van der Waals surface area contributed by atoms with Crippen LogP contribution in [0.5, 0.6) is 0 Å². The van der Waals surface area contributed by atoms with Gasteiger partial charge in [0.15, 0.2) is 9.84 Å². The molecule has 0 bridgehead atoms. The van der Waals surface area contributed by atoms with Crippen molar-refractivity contribution in [2.75, 3.05) is 23.0 Å². The van der Waals surface area contributed by atoms with Gasteiger partial charge >= 0.3 is 0 Å². The summed E-state index contributed by atoms with van der Waals surface area (Å²) in [5.74, 6) is -3.74. The van der Waals surface area contributed by atoms with Crippen LogP contribution in [0, 0.1) is 11.6 Å². The molecule has 2 amide bonds. The Labute approximate surface area is 142 Å². The molecule has 130 valence electrons. The Kier molecular flexibility index (Phi) is 4.03. The van der Waals surface area contributed by atoms with Crippen LogP contribution in [0.15, 0.2) is 41.3 Å². The van der Waals surface area contributed by atoms with Crippen LogP contribution in [0.25, 0.3) is 0 Å². The number of halogens is 2. The summed E-state index contributed by atoms with van der Waals surface area (Å²) in [6.07, 6.45) is 0.997. The SMILES string of the molecule is CS(=O)(=O)c1ccc2c(c1)NC(=O)CN2C(=O)c1c(F)cccc1F. The lowest BCUT2D eigenvalue weighted by atomic mass is 10.1. The first-order valence-electron chi connectivity index (χ1n) is 7.08. The first-order valence-corrected chi connectivity index (χ1v) is 8.97. The van der Waals surface area contributed by atoms with E-state index in [0.717, 1.165) is 29.4 Å². The molecule has 0 spiro atoms. The minimum absolute atomic E-state index is 0.0575. The molecule has 0 atom stereocenters. The van der Waals surface area contributed by atoms with Crippen LogP contribution in [0.1, 0.15) is 10.4 Å². The van der Waals surface area contributed by atoms with Gasteiger partial charge in [-0.25, -0.2) is 17.2 Å². The van der Waals surface area contributed by atoms with Crippen molar-refractivity contribution in [1.29, 1.82) is 0 Å². The Bertz CT molecular complexity index is 985. The van der Waals surface area contributed by atoms with Gasteiger partial charge in [0.05, 0.1) is 16.3 Å². The van der Waals surface area contributed by atoms with E-state index in [-0.39, 0.29) is 16.3 Å². The summed E-state index contributed by atoms with van der Waals surface area (Å²) >= 11 is 0. The number of sulfone groups is 1. The predicted octanol–water partition coefficient (Wildman–Crippen LogP) is 1.97. The highest BCUT2D eigenvalue weighted by Gasteiger charge is 2.31. The van der Waals surface area contributed by atoms with Gasteiger partial charge in [-0.1, -0.05) is 6.07 Å². The number of rotatable bonds is 2. The Balaban J connectivity index is 2.11. The summed E-state index contributed by atoms with van der Waals surface area (Å²) in [6.45, 7) is -0.447. The number of carbonyl (C=O) groups is 2. The summed E-state index contributed by atoms with van der Waals surface area (Å²) in [6, 6.07) is 6.75. The monoisotopic (exact) mass is 366 g/mol. The number of nitrogens with zero attached hydrogens (tertiary/aromatic N) is 1. The van der Waals surface area contributed by atoms with Gasteiger partial charge in [0.2, 0.25) is 5.91 Å². The molecule has 6 nitrogen and oxygen atoms in total. The number of carbonyl (C=O) groups excluding carboxylic acids is 2. The molecule has 0 saturated heterocycles. The maximum absolute atomic E-state index is 13.9. The highest BCUT2D eigenvalue weighted by Crippen LogP contribution is 2.33. The van der Waals surface area contributed by atoms with Gasteiger partial charge in [-0.05, 0) is 30.3 Å². The second-order valence-corrected chi connectivity index (χ2v) is 7.50. The molecule has 3 rings (SSSR count). The fraction of sp³-hybridized carbons (Fsp3) is 0.125. The molecule has 1 aliphatic rings. The van der Waals surface area contributed by atoms with Crippen molar-refractivity contribution in [2.45, 2.75) is 4.90 Å². The molecule has 1 aliphatic heterocycles. The van der Waals surface area contributed by atoms with E-state index in [1.54, 1.807) is 0 Å². The van der Waals surface area contributed by atoms with Crippen LogP contribution in [-0.4, -0.2) is 33.0 Å². The second-order valence-electron chi connectivity index (χ2n) is 5.49. The van der Waals surface area contributed by atoms with Gasteiger partial charge in [0.1, 0.15) is 23.7 Å². The fourth-order valence-corrected chi connectivity index (χ4v) is 3.17. The van der Waals surface area contributed by atoms with Gasteiger partial charge in [0.25, 0.3) is 5.91 Å². The van der Waals surface area contributed by atoms with Crippen molar-refractivity contribution in [3.8, 4) is 0 Å². The molecule has 0 aromatic heterocycles. The van der Waals surface area contributed by atoms with Crippen LogP contribution < -0.4 is 10.2 Å². The molecule has 0 fully saturated rings. The third-order valence-corrected chi connectivity index (χ3v) is 4.79. The van der Waals surface area contributed by atoms with Gasteiger partial charge in [-0.2, -0.15) is 0 Å². The van der Waals surface area contributed by atoms with Crippen molar-refractivity contribution in [3.63, 3.8) is 0 Å². The van der Waals surface area contributed by atoms with Crippen LogP contribution >= 0.6 is 0 Å². The summed E-state index contributed by atoms with van der Waals surface area (Å²) < 4.78 is 51.0. The van der Waals surface area contributed by atoms with Crippen molar-refractivity contribution in [1.82, 2.24) is 0 Å². The Morgan fingerprint density at radius 1 is 1.16 bits per heavy atom. The predicted molar refractivity (Wildman–Crippen MR) is 86.2 cm³/mol. The zero-order valence-electron chi connectivity index (χ0n) is 12.9. The van der Waals surface area contributed by atoms with E-state index >= 15 is 0 Å². The van der Waals surface area contributed by atoms with Gasteiger partial charge < -0.3 is 5.32 Å². The third-order valence-electron chi connectivity index (χ3n) is 3.68. The van der Waals surface area contributed by atoms with E-state index in [0.29, 0.717) is 0 Å². The van der Waals surface area contributed by atoms with E-state index in [1.165, 1.54) is 18.2 Å². The molecule has 9 heteroatoms.